The van der Waals surface area contributed by atoms with Gasteiger partial charge in [0.15, 0.2) is 46.5 Å². The summed E-state index contributed by atoms with van der Waals surface area (Å²) < 4.78 is 410. The van der Waals surface area contributed by atoms with Gasteiger partial charge < -0.3 is 28.7 Å². The Morgan fingerprint density at radius 3 is 0.688 bits per heavy atom. The molecule has 13 aromatic rings. The first-order valence-electron chi connectivity index (χ1n) is 30.9. The Hall–Kier alpha value is -12.3. The zero-order chi connectivity index (χ0) is 80.9. The molecule has 0 saturated carbocycles. The smallest absolute Gasteiger partial charge is 0.294 e. The van der Waals surface area contributed by atoms with Gasteiger partial charge in [-0.3, -0.25) is 18.2 Å². The number of benzene rings is 13. The maximum Gasteiger partial charge on any atom is 0.294 e. The van der Waals surface area contributed by atoms with Crippen LogP contribution in [-0.4, -0.2) is 51.9 Å². The molecule has 0 heterocycles. The second-order valence-corrected chi connectivity index (χ2v) is 29.3. The van der Waals surface area contributed by atoms with Gasteiger partial charge in [-0.1, -0.05) is 36.4 Å². The topological polar surface area (TPSA) is 261 Å². The molecule has 13 rings (SSSR count). The number of halogens is 16. The van der Waals surface area contributed by atoms with Crippen molar-refractivity contribution >= 4 is 96.1 Å². The van der Waals surface area contributed by atoms with Crippen LogP contribution in [-0.2, 0) is 40.5 Å². The minimum atomic E-state index is -5.30. The predicted octanol–water partition coefficient (Wildman–Crippen LogP) is 20.6. The van der Waals surface area contributed by atoms with E-state index in [0.717, 1.165) is 36.4 Å². The molecular weight excluding hydrogens is 1610 g/mol. The van der Waals surface area contributed by atoms with Crippen molar-refractivity contribution in [2.45, 2.75) is 19.6 Å². The predicted molar refractivity (Wildman–Crippen MR) is 366 cm³/mol. The Kier molecular flexibility index (Phi) is 20.3. The number of nitrogens with zero attached hydrogens (tertiary/aromatic N) is 2. The molecule has 0 fully saturated rings. The molecule has 0 aliphatic heterocycles. The van der Waals surface area contributed by atoms with Crippen molar-refractivity contribution in [1.82, 2.24) is 0 Å². The quantitative estimate of drug-likeness (QED) is 0.0314. The average Bonchev–Trinajstić information content (AvgIpc) is 0.558. The van der Waals surface area contributed by atoms with E-state index in [2.05, 4.69) is 0 Å². The van der Waals surface area contributed by atoms with Crippen LogP contribution in [0, 0.1) is 93.1 Å². The molecule has 0 amide bonds. The normalized spacial score (nSPS) is 12.0. The van der Waals surface area contributed by atoms with Crippen LogP contribution in [0.3, 0.4) is 0 Å². The van der Waals surface area contributed by atoms with Crippen LogP contribution in [0.15, 0.2) is 214 Å². The van der Waals surface area contributed by atoms with Gasteiger partial charge in [0, 0.05) is 57.0 Å². The molecule has 4 N–H and O–H groups in total. The zero-order valence-electron chi connectivity index (χ0n) is 54.7. The van der Waals surface area contributed by atoms with E-state index in [0.29, 0.717) is 71.3 Å². The number of rotatable bonds is 20. The van der Waals surface area contributed by atoms with Crippen molar-refractivity contribution < 1.29 is 141 Å². The third-order valence-corrected chi connectivity index (χ3v) is 20.1. The maximum atomic E-state index is 16.0. The molecule has 574 valence electrons. The molecule has 38 heteroatoms. The van der Waals surface area contributed by atoms with Crippen molar-refractivity contribution in [3.63, 3.8) is 0 Å². The molecule has 18 nitrogen and oxygen atoms in total. The SMILES string of the molecule is O=S(=O)(O)c1ccc2c(Oc3c(F)c(F)c(-c4c(F)c(F)c(Oc5ccc(N(c6ccccc6)c6ccc(N(c7ccccc7)c7ccc(Oc8c(F)c(F)c(-c9c(F)c(F)c(Oc%10cc(S(=O)(=O)O)cc%11cc(S(=O)(=O)O)ccc%10%11)c(F)c9F)c(F)c8F)cc7)cc6)cc5)c(F)c4F)c(F)c3F)cc(S(=O)(=O)O)cc2c1. The van der Waals surface area contributed by atoms with Gasteiger partial charge in [0.25, 0.3) is 40.5 Å². The van der Waals surface area contributed by atoms with Gasteiger partial charge in [-0.05, 0) is 156 Å². The van der Waals surface area contributed by atoms with E-state index in [1.807, 2.05) is 0 Å². The van der Waals surface area contributed by atoms with Crippen molar-refractivity contribution in [3.05, 3.63) is 287 Å². The van der Waals surface area contributed by atoms with Crippen LogP contribution in [0.4, 0.5) is 104 Å². The van der Waals surface area contributed by atoms with Gasteiger partial charge in [0.2, 0.25) is 69.5 Å². The van der Waals surface area contributed by atoms with E-state index < -0.39 is 243 Å². The Morgan fingerprint density at radius 1 is 0.232 bits per heavy atom. The summed E-state index contributed by atoms with van der Waals surface area (Å²) in [5.74, 6) is -53.3. The monoisotopic (exact) mass is 1640 g/mol. The summed E-state index contributed by atoms with van der Waals surface area (Å²) in [6, 6.07) is 38.2. The van der Waals surface area contributed by atoms with Gasteiger partial charge in [0.1, 0.15) is 23.0 Å². The lowest BCUT2D eigenvalue weighted by atomic mass is 10.0. The fourth-order valence-corrected chi connectivity index (χ4v) is 13.7. The summed E-state index contributed by atoms with van der Waals surface area (Å²) >= 11 is 0. The van der Waals surface area contributed by atoms with Gasteiger partial charge in [-0.2, -0.15) is 68.8 Å². The summed E-state index contributed by atoms with van der Waals surface area (Å²) in [6.45, 7) is 0. The third-order valence-electron chi connectivity index (χ3n) is 16.8. The second kappa shape index (κ2) is 29.2. The van der Waals surface area contributed by atoms with Crippen molar-refractivity contribution in [2.75, 3.05) is 9.80 Å². The van der Waals surface area contributed by atoms with Gasteiger partial charge in [-0.25, -0.2) is 35.1 Å². The van der Waals surface area contributed by atoms with Gasteiger partial charge in [0.05, 0.1) is 41.8 Å². The fourth-order valence-electron chi connectivity index (χ4n) is 11.6. The molecule has 0 bridgehead atoms. The third kappa shape index (κ3) is 14.4. The van der Waals surface area contributed by atoms with Crippen LogP contribution in [0.2, 0.25) is 0 Å². The Bertz CT molecular complexity index is 6070. The van der Waals surface area contributed by atoms with E-state index in [-0.39, 0.29) is 11.4 Å². The summed E-state index contributed by atoms with van der Waals surface area (Å²) in [5, 5.41) is -2.06. The lowest BCUT2D eigenvalue weighted by Gasteiger charge is -2.28. The molecule has 0 aromatic heterocycles. The average molecular weight is 1640 g/mol. The van der Waals surface area contributed by atoms with Crippen LogP contribution in [0.25, 0.3) is 43.8 Å². The maximum absolute atomic E-state index is 16.0. The second-order valence-electron chi connectivity index (χ2n) is 23.6. The first-order valence-corrected chi connectivity index (χ1v) is 36.7. The summed E-state index contributed by atoms with van der Waals surface area (Å²) in [5.41, 5.74) is -7.26. The van der Waals surface area contributed by atoms with Crippen molar-refractivity contribution in [1.29, 1.82) is 0 Å². The molecule has 0 aliphatic rings. The van der Waals surface area contributed by atoms with Gasteiger partial charge in [-0.15, -0.1) is 0 Å². The van der Waals surface area contributed by atoms with Crippen LogP contribution in [0.5, 0.6) is 46.0 Å². The highest BCUT2D eigenvalue weighted by atomic mass is 32.2. The minimum absolute atomic E-state index is 0.249. The van der Waals surface area contributed by atoms with Crippen molar-refractivity contribution in [3.8, 4) is 68.2 Å². The molecule has 0 unspecified atom stereocenters. The van der Waals surface area contributed by atoms with Gasteiger partial charge >= 0.3 is 0 Å². The molecule has 0 radical (unpaired) electrons. The molecule has 0 saturated heterocycles. The largest absolute Gasteiger partial charge is 0.451 e. The fraction of sp³-hybridized carbons (Fsp3) is 0. The molecule has 0 aliphatic carbocycles. The van der Waals surface area contributed by atoms with Crippen LogP contribution < -0.4 is 28.7 Å². The number of hydrogen-bond acceptors (Lipinski definition) is 14. The first kappa shape index (κ1) is 77.8. The van der Waals surface area contributed by atoms with E-state index in [4.69, 9.17) is 18.9 Å². The minimum Gasteiger partial charge on any atom is -0.451 e. The number of hydrogen-bond donors (Lipinski definition) is 4. The van der Waals surface area contributed by atoms with E-state index in [9.17, 15) is 51.9 Å². The number of anilines is 6. The molecule has 0 atom stereocenters. The number of para-hydroxylation sites is 2. The van der Waals surface area contributed by atoms with Crippen molar-refractivity contribution in [2.24, 2.45) is 0 Å². The van der Waals surface area contributed by atoms with Crippen LogP contribution >= 0.6 is 0 Å². The molecule has 0 spiro atoms. The highest BCUT2D eigenvalue weighted by molar-refractivity contribution is 7.86. The summed E-state index contributed by atoms with van der Waals surface area (Å²) in [6.07, 6.45) is 0. The summed E-state index contributed by atoms with van der Waals surface area (Å²) in [4.78, 5) is -0.878. The van der Waals surface area contributed by atoms with E-state index >= 15 is 70.2 Å². The van der Waals surface area contributed by atoms with E-state index in [1.165, 1.54) is 24.3 Å². The molecule has 13 aromatic carbocycles. The number of fused-ring (bicyclic) bond motifs is 2. The number of ether oxygens (including phenoxy) is 4. The zero-order valence-corrected chi connectivity index (χ0v) is 58.0. The highest BCUT2D eigenvalue weighted by Gasteiger charge is 2.39. The Labute approximate surface area is 619 Å². The Balaban J connectivity index is 0.755. The lowest BCUT2D eigenvalue weighted by Crippen LogP contribution is -2.12. The first-order chi connectivity index (χ1) is 52.7. The lowest BCUT2D eigenvalue weighted by molar-refractivity contribution is 0.361. The molecule has 112 heavy (non-hydrogen) atoms. The highest BCUT2D eigenvalue weighted by Crippen LogP contribution is 2.49. The van der Waals surface area contributed by atoms with Crippen LogP contribution in [0.1, 0.15) is 0 Å². The van der Waals surface area contributed by atoms with E-state index in [1.54, 1.807) is 94.7 Å². The summed E-state index contributed by atoms with van der Waals surface area (Å²) in [7, 11) is -20.6. The Morgan fingerprint density at radius 2 is 0.446 bits per heavy atom. The standard InChI is InChI=1S/C74H36F16N2O16S4/c75-55-51(53-59(79)67(87)73(68(88)60(53)80)107-49-31-45(111(99,100)101)29-33-27-43(109(93,94)95)23-25-47(33)49)56(76)64(84)71(63(55)83)105-41-19-15-39(16-20-41)91(35-7-3-1-4-8-35)37-11-13-38(14-12-37)92(36-9-5-2-6-10-36)40-17-21-42(22-18-40)106-72-65(85)57(77)52(58(78)66(72)86)54-61(81)69(89)74(70(90)62(54)82)108-50-32-46(112(102,103)104)30-34-28-44(110(96,97)98)24-26-48(34)50/h1-32H,(H,93,94,95)(H,96,97,98)(H,99,100,101)(H,102,103,104). The molecular formula is C74H36F16N2O16S4.